The number of hydrogen-bond donors (Lipinski definition) is 0. The van der Waals surface area contributed by atoms with Crippen LogP contribution in [0.5, 0.6) is 0 Å². The maximum Gasteiger partial charge on any atom is 0.369 e. The summed E-state index contributed by atoms with van der Waals surface area (Å²) in [6.45, 7) is 6.12. The third-order valence-corrected chi connectivity index (χ3v) is 1.46. The maximum absolute atomic E-state index is 10.8. The molecule has 68 valence electrons. The Morgan fingerprint density at radius 3 is 2.75 bits per heavy atom. The number of ether oxygens (including phenoxy) is 1. The van der Waals surface area contributed by atoms with Crippen molar-refractivity contribution in [2.45, 2.75) is 20.8 Å². The molecule has 0 aliphatic carbocycles. The summed E-state index contributed by atoms with van der Waals surface area (Å²) in [5, 5.41) is 0.307. The van der Waals surface area contributed by atoms with Gasteiger partial charge in [0, 0.05) is 0 Å². The standard InChI is InChI=1S/C5H6N2O2S.C2H6/c1-2-9-5(8)4-6-3-7-10-4;1-2/h3H,2H2,1H3;1-2H3. The van der Waals surface area contributed by atoms with E-state index < -0.39 is 5.97 Å². The first kappa shape index (κ1) is 11.0. The zero-order valence-electron chi connectivity index (χ0n) is 7.40. The van der Waals surface area contributed by atoms with Gasteiger partial charge >= 0.3 is 5.97 Å². The number of carbonyl (C=O) groups excluding carboxylic acids is 1. The second-order valence-corrected chi connectivity index (χ2v) is 2.25. The quantitative estimate of drug-likeness (QED) is 0.663. The fraction of sp³-hybridized carbons (Fsp3) is 0.571. The SMILES string of the molecule is CC.CCOC(=O)c1ncns1. The van der Waals surface area contributed by atoms with Crippen molar-refractivity contribution >= 4 is 17.5 Å². The molecule has 0 unspecified atom stereocenters. The number of carbonyl (C=O) groups is 1. The normalized spacial score (nSPS) is 8.25. The molecule has 1 heterocycles. The van der Waals surface area contributed by atoms with E-state index in [1.54, 1.807) is 6.92 Å². The molecule has 0 atom stereocenters. The van der Waals surface area contributed by atoms with Crippen LogP contribution in [0, 0.1) is 0 Å². The van der Waals surface area contributed by atoms with Gasteiger partial charge in [-0.15, -0.1) is 0 Å². The Morgan fingerprint density at radius 2 is 2.33 bits per heavy atom. The number of aromatic nitrogens is 2. The zero-order valence-corrected chi connectivity index (χ0v) is 8.22. The highest BCUT2D eigenvalue weighted by molar-refractivity contribution is 7.07. The molecule has 0 amide bonds. The second-order valence-electron chi connectivity index (χ2n) is 1.47. The van der Waals surface area contributed by atoms with Gasteiger partial charge in [-0.05, 0) is 18.5 Å². The summed E-state index contributed by atoms with van der Waals surface area (Å²) >= 11 is 1.04. The van der Waals surface area contributed by atoms with E-state index in [1.165, 1.54) is 6.33 Å². The summed E-state index contributed by atoms with van der Waals surface area (Å²) in [6, 6.07) is 0. The van der Waals surface area contributed by atoms with Crippen LogP contribution >= 0.6 is 11.5 Å². The van der Waals surface area contributed by atoms with Gasteiger partial charge in [0.15, 0.2) is 0 Å². The third kappa shape index (κ3) is 3.43. The number of esters is 1. The Bertz CT molecular complexity index is 211. The number of hydrogen-bond acceptors (Lipinski definition) is 5. The molecule has 12 heavy (non-hydrogen) atoms. The minimum Gasteiger partial charge on any atom is -0.461 e. The molecular formula is C7H12N2O2S. The van der Waals surface area contributed by atoms with E-state index >= 15 is 0 Å². The van der Waals surface area contributed by atoms with E-state index in [1.807, 2.05) is 13.8 Å². The van der Waals surface area contributed by atoms with Gasteiger partial charge in [-0.25, -0.2) is 9.78 Å². The van der Waals surface area contributed by atoms with Crippen LogP contribution in [-0.2, 0) is 4.74 Å². The molecule has 1 rings (SSSR count). The first-order valence-electron chi connectivity index (χ1n) is 3.78. The molecule has 0 bridgehead atoms. The fourth-order valence-electron chi connectivity index (χ4n) is 0.456. The van der Waals surface area contributed by atoms with E-state index in [4.69, 9.17) is 0 Å². The molecule has 0 spiro atoms. The lowest BCUT2D eigenvalue weighted by Gasteiger charge is -1.93. The van der Waals surface area contributed by atoms with Crippen molar-refractivity contribution in [1.82, 2.24) is 9.36 Å². The van der Waals surface area contributed by atoms with Crippen LogP contribution in [0.15, 0.2) is 6.33 Å². The average molecular weight is 188 g/mol. The van der Waals surface area contributed by atoms with Crippen molar-refractivity contribution in [1.29, 1.82) is 0 Å². The lowest BCUT2D eigenvalue weighted by molar-refractivity contribution is 0.0526. The van der Waals surface area contributed by atoms with E-state index in [9.17, 15) is 4.79 Å². The largest absolute Gasteiger partial charge is 0.461 e. The third-order valence-electron chi connectivity index (χ3n) is 0.811. The molecule has 0 radical (unpaired) electrons. The Hall–Kier alpha value is -0.970. The van der Waals surface area contributed by atoms with Gasteiger partial charge in [-0.3, -0.25) is 0 Å². The summed E-state index contributed by atoms with van der Waals surface area (Å²) in [5.41, 5.74) is 0. The summed E-state index contributed by atoms with van der Waals surface area (Å²) in [6.07, 6.45) is 1.33. The topological polar surface area (TPSA) is 52.1 Å². The predicted molar refractivity (Wildman–Crippen MR) is 47.2 cm³/mol. The minimum absolute atomic E-state index is 0.307. The zero-order chi connectivity index (χ0) is 9.40. The Balaban J connectivity index is 0.000000561. The van der Waals surface area contributed by atoms with Crippen LogP contribution in [0.25, 0.3) is 0 Å². The van der Waals surface area contributed by atoms with E-state index in [0.717, 1.165) is 11.5 Å². The highest BCUT2D eigenvalue weighted by Gasteiger charge is 2.08. The van der Waals surface area contributed by atoms with Crippen molar-refractivity contribution in [3.8, 4) is 0 Å². The van der Waals surface area contributed by atoms with Crippen molar-refractivity contribution in [3.63, 3.8) is 0 Å². The van der Waals surface area contributed by atoms with Crippen LogP contribution in [0.4, 0.5) is 0 Å². The number of nitrogens with zero attached hydrogens (tertiary/aromatic N) is 2. The average Bonchev–Trinajstić information content (AvgIpc) is 2.60. The first-order valence-corrected chi connectivity index (χ1v) is 4.55. The summed E-state index contributed by atoms with van der Waals surface area (Å²) in [7, 11) is 0. The molecule has 1 aromatic rings. The molecule has 1 aromatic heterocycles. The molecule has 0 N–H and O–H groups in total. The molecule has 0 saturated heterocycles. The van der Waals surface area contributed by atoms with E-state index in [0.29, 0.717) is 11.6 Å². The highest BCUT2D eigenvalue weighted by atomic mass is 32.1. The smallest absolute Gasteiger partial charge is 0.369 e. The molecule has 0 aromatic carbocycles. The molecular weight excluding hydrogens is 176 g/mol. The van der Waals surface area contributed by atoms with E-state index in [2.05, 4.69) is 14.1 Å². The van der Waals surface area contributed by atoms with Crippen LogP contribution in [0.1, 0.15) is 30.6 Å². The van der Waals surface area contributed by atoms with Gasteiger partial charge in [0.1, 0.15) is 6.33 Å². The molecule has 0 fully saturated rings. The molecule has 0 saturated carbocycles. The van der Waals surface area contributed by atoms with Gasteiger partial charge < -0.3 is 4.74 Å². The van der Waals surface area contributed by atoms with Crippen molar-refractivity contribution in [3.05, 3.63) is 11.3 Å². The fourth-order valence-corrected chi connectivity index (χ4v) is 0.878. The van der Waals surface area contributed by atoms with Crippen molar-refractivity contribution in [2.24, 2.45) is 0 Å². The summed E-state index contributed by atoms with van der Waals surface area (Å²) in [5.74, 6) is -0.398. The lowest BCUT2D eigenvalue weighted by atomic mass is 10.7. The van der Waals surface area contributed by atoms with Crippen LogP contribution in [-0.4, -0.2) is 21.9 Å². The van der Waals surface area contributed by atoms with Gasteiger partial charge in [0.2, 0.25) is 5.01 Å². The Kier molecular flexibility index (Phi) is 6.18. The van der Waals surface area contributed by atoms with Crippen LogP contribution < -0.4 is 0 Å². The Morgan fingerprint density at radius 1 is 1.67 bits per heavy atom. The highest BCUT2D eigenvalue weighted by Crippen LogP contribution is 2.00. The predicted octanol–water partition coefficient (Wildman–Crippen LogP) is 1.74. The number of rotatable bonds is 2. The maximum atomic E-state index is 10.8. The monoisotopic (exact) mass is 188 g/mol. The van der Waals surface area contributed by atoms with Crippen molar-refractivity contribution < 1.29 is 9.53 Å². The Labute approximate surface area is 75.8 Å². The lowest BCUT2D eigenvalue weighted by Crippen LogP contribution is -2.03. The minimum atomic E-state index is -0.398. The van der Waals surface area contributed by atoms with Gasteiger partial charge in [0.05, 0.1) is 6.61 Å². The second kappa shape index (κ2) is 6.72. The summed E-state index contributed by atoms with van der Waals surface area (Å²) < 4.78 is 8.31. The molecule has 5 heteroatoms. The molecule has 0 aliphatic rings. The van der Waals surface area contributed by atoms with Crippen molar-refractivity contribution in [2.75, 3.05) is 6.61 Å². The molecule has 0 aliphatic heterocycles. The van der Waals surface area contributed by atoms with Crippen LogP contribution in [0.3, 0.4) is 0 Å². The summed E-state index contributed by atoms with van der Waals surface area (Å²) in [4.78, 5) is 14.5. The van der Waals surface area contributed by atoms with Crippen LogP contribution in [0.2, 0.25) is 0 Å². The van der Waals surface area contributed by atoms with Gasteiger partial charge in [0.25, 0.3) is 0 Å². The van der Waals surface area contributed by atoms with Gasteiger partial charge in [-0.1, -0.05) is 13.8 Å². The van der Waals surface area contributed by atoms with E-state index in [-0.39, 0.29) is 0 Å². The molecule has 4 nitrogen and oxygen atoms in total. The van der Waals surface area contributed by atoms with Gasteiger partial charge in [-0.2, -0.15) is 4.37 Å². The first-order chi connectivity index (χ1) is 5.84.